The third-order valence-corrected chi connectivity index (χ3v) is 3.06. The number of rotatable bonds is 6. The second-order valence-corrected chi connectivity index (χ2v) is 5.44. The van der Waals surface area contributed by atoms with Crippen LogP contribution in [0.3, 0.4) is 0 Å². The number of pyridine rings is 1. The number of nitrogen functional groups attached to an aromatic ring is 1. The van der Waals surface area contributed by atoms with Gasteiger partial charge in [0.2, 0.25) is 0 Å². The number of nitrogens with one attached hydrogen (secondary N) is 2. The van der Waals surface area contributed by atoms with E-state index in [-0.39, 0.29) is 0 Å². The van der Waals surface area contributed by atoms with Gasteiger partial charge in [-0.1, -0.05) is 13.8 Å². The molecule has 0 saturated carbocycles. The van der Waals surface area contributed by atoms with E-state index in [1.54, 1.807) is 6.20 Å². The normalized spacial score (nSPS) is 10.7. The van der Waals surface area contributed by atoms with Crippen molar-refractivity contribution in [1.29, 1.82) is 0 Å². The molecular formula is C15H22N6. The third kappa shape index (κ3) is 4.30. The van der Waals surface area contributed by atoms with Crippen molar-refractivity contribution in [2.75, 3.05) is 22.9 Å². The number of anilines is 4. The first-order valence-electron chi connectivity index (χ1n) is 7.10. The Hall–Kier alpha value is -2.37. The molecule has 0 fully saturated rings. The molecule has 21 heavy (non-hydrogen) atoms. The van der Waals surface area contributed by atoms with Crippen molar-refractivity contribution < 1.29 is 0 Å². The number of nitrogens with zero attached hydrogens (tertiary/aromatic N) is 3. The van der Waals surface area contributed by atoms with Crippen LogP contribution in [0.15, 0.2) is 24.7 Å². The SMILES string of the molecule is Cc1ccnc(Nc2ncnc(NCCC(C)C)c2N)c1. The van der Waals surface area contributed by atoms with E-state index in [1.165, 1.54) is 6.33 Å². The first-order chi connectivity index (χ1) is 10.1. The Kier molecular flexibility index (Phi) is 4.92. The fourth-order valence-corrected chi connectivity index (χ4v) is 1.84. The standard InChI is InChI=1S/C15H22N6/c1-10(2)4-6-18-14-13(16)15(20-9-19-14)21-12-8-11(3)5-7-17-12/h5,7-10H,4,6,16H2,1-3H3,(H2,17,18,19,20,21). The molecule has 2 rings (SSSR count). The van der Waals surface area contributed by atoms with E-state index in [1.807, 2.05) is 19.1 Å². The number of aromatic nitrogens is 3. The molecule has 4 N–H and O–H groups in total. The highest BCUT2D eigenvalue weighted by atomic mass is 15.1. The number of aryl methyl sites for hydroxylation is 1. The Labute approximate surface area is 125 Å². The largest absolute Gasteiger partial charge is 0.393 e. The summed E-state index contributed by atoms with van der Waals surface area (Å²) in [4.78, 5) is 12.6. The molecule has 0 spiro atoms. The lowest BCUT2D eigenvalue weighted by Crippen LogP contribution is -2.10. The Balaban J connectivity index is 2.10. The lowest BCUT2D eigenvalue weighted by atomic mass is 10.1. The zero-order valence-electron chi connectivity index (χ0n) is 12.7. The summed E-state index contributed by atoms with van der Waals surface area (Å²) in [7, 11) is 0. The minimum Gasteiger partial charge on any atom is -0.393 e. The van der Waals surface area contributed by atoms with Crippen LogP contribution in [0.25, 0.3) is 0 Å². The van der Waals surface area contributed by atoms with Gasteiger partial charge in [0, 0.05) is 12.7 Å². The van der Waals surface area contributed by atoms with Gasteiger partial charge in [0.15, 0.2) is 11.6 Å². The molecule has 0 saturated heterocycles. The highest BCUT2D eigenvalue weighted by Gasteiger charge is 2.08. The van der Waals surface area contributed by atoms with E-state index >= 15 is 0 Å². The highest BCUT2D eigenvalue weighted by Crippen LogP contribution is 2.25. The van der Waals surface area contributed by atoms with Gasteiger partial charge in [0.05, 0.1) is 0 Å². The monoisotopic (exact) mass is 286 g/mol. The average molecular weight is 286 g/mol. The molecule has 0 aliphatic carbocycles. The zero-order valence-corrected chi connectivity index (χ0v) is 12.7. The van der Waals surface area contributed by atoms with Crippen molar-refractivity contribution in [3.63, 3.8) is 0 Å². The molecule has 0 aliphatic rings. The van der Waals surface area contributed by atoms with Crippen LogP contribution in [-0.2, 0) is 0 Å². The molecule has 2 heterocycles. The Morgan fingerprint density at radius 3 is 2.67 bits per heavy atom. The van der Waals surface area contributed by atoms with Gasteiger partial charge < -0.3 is 16.4 Å². The predicted molar refractivity (Wildman–Crippen MR) is 86.6 cm³/mol. The van der Waals surface area contributed by atoms with E-state index in [9.17, 15) is 0 Å². The molecule has 0 aliphatic heterocycles. The first kappa shape index (κ1) is 15.0. The fraction of sp³-hybridized carbons (Fsp3) is 0.400. The molecule has 6 nitrogen and oxygen atoms in total. The van der Waals surface area contributed by atoms with Crippen LogP contribution in [0, 0.1) is 12.8 Å². The summed E-state index contributed by atoms with van der Waals surface area (Å²) in [5.74, 6) is 2.57. The van der Waals surface area contributed by atoms with Crippen molar-refractivity contribution >= 4 is 23.1 Å². The average Bonchev–Trinajstić information content (AvgIpc) is 2.42. The van der Waals surface area contributed by atoms with Gasteiger partial charge in [-0.05, 0) is 37.0 Å². The summed E-state index contributed by atoms with van der Waals surface area (Å²) in [6.07, 6.45) is 4.30. The molecule has 0 unspecified atom stereocenters. The van der Waals surface area contributed by atoms with Crippen molar-refractivity contribution in [1.82, 2.24) is 15.0 Å². The summed E-state index contributed by atoms with van der Waals surface area (Å²) < 4.78 is 0. The quantitative estimate of drug-likeness (QED) is 0.756. The minimum atomic E-state index is 0.504. The van der Waals surface area contributed by atoms with E-state index in [2.05, 4.69) is 39.4 Å². The van der Waals surface area contributed by atoms with Crippen LogP contribution >= 0.6 is 0 Å². The molecule has 2 aromatic rings. The topological polar surface area (TPSA) is 88.8 Å². The Morgan fingerprint density at radius 1 is 1.19 bits per heavy atom. The molecule has 0 radical (unpaired) electrons. The highest BCUT2D eigenvalue weighted by molar-refractivity contribution is 5.76. The van der Waals surface area contributed by atoms with Crippen molar-refractivity contribution in [2.45, 2.75) is 27.2 Å². The van der Waals surface area contributed by atoms with E-state index in [0.29, 0.717) is 29.1 Å². The molecule has 0 atom stereocenters. The molecule has 0 aromatic carbocycles. The Morgan fingerprint density at radius 2 is 1.95 bits per heavy atom. The van der Waals surface area contributed by atoms with Gasteiger partial charge in [0.25, 0.3) is 0 Å². The van der Waals surface area contributed by atoms with Gasteiger partial charge in [-0.25, -0.2) is 15.0 Å². The number of hydrogen-bond acceptors (Lipinski definition) is 6. The fourth-order valence-electron chi connectivity index (χ4n) is 1.84. The summed E-state index contributed by atoms with van der Waals surface area (Å²) >= 11 is 0. The minimum absolute atomic E-state index is 0.504. The van der Waals surface area contributed by atoms with Crippen molar-refractivity contribution in [3.05, 3.63) is 30.2 Å². The van der Waals surface area contributed by atoms with Crippen LogP contribution in [0.5, 0.6) is 0 Å². The molecule has 2 aromatic heterocycles. The van der Waals surface area contributed by atoms with Crippen LogP contribution in [0.2, 0.25) is 0 Å². The third-order valence-electron chi connectivity index (χ3n) is 3.06. The molecular weight excluding hydrogens is 264 g/mol. The van der Waals surface area contributed by atoms with E-state index in [4.69, 9.17) is 5.73 Å². The zero-order chi connectivity index (χ0) is 15.2. The maximum Gasteiger partial charge on any atom is 0.160 e. The van der Waals surface area contributed by atoms with Crippen LogP contribution in [-0.4, -0.2) is 21.5 Å². The molecule has 0 bridgehead atoms. The summed E-state index contributed by atoms with van der Waals surface area (Å²) in [5.41, 5.74) is 7.73. The van der Waals surface area contributed by atoms with Gasteiger partial charge in [-0.2, -0.15) is 0 Å². The van der Waals surface area contributed by atoms with Crippen LogP contribution in [0.4, 0.5) is 23.1 Å². The van der Waals surface area contributed by atoms with E-state index < -0.39 is 0 Å². The van der Waals surface area contributed by atoms with Crippen molar-refractivity contribution in [3.8, 4) is 0 Å². The van der Waals surface area contributed by atoms with Crippen molar-refractivity contribution in [2.24, 2.45) is 5.92 Å². The second kappa shape index (κ2) is 6.88. The maximum absolute atomic E-state index is 6.11. The lowest BCUT2D eigenvalue weighted by molar-refractivity contribution is 0.606. The first-order valence-corrected chi connectivity index (χ1v) is 7.10. The maximum atomic E-state index is 6.11. The second-order valence-electron chi connectivity index (χ2n) is 5.44. The molecule has 112 valence electrons. The molecule has 0 amide bonds. The van der Waals surface area contributed by atoms with Gasteiger partial charge in [-0.15, -0.1) is 0 Å². The molecule has 6 heteroatoms. The number of nitrogens with two attached hydrogens (primary N) is 1. The summed E-state index contributed by atoms with van der Waals surface area (Å²) in [5, 5.41) is 6.37. The summed E-state index contributed by atoms with van der Waals surface area (Å²) in [6.45, 7) is 7.21. The van der Waals surface area contributed by atoms with Crippen LogP contribution < -0.4 is 16.4 Å². The van der Waals surface area contributed by atoms with E-state index in [0.717, 1.165) is 18.5 Å². The van der Waals surface area contributed by atoms with Gasteiger partial charge >= 0.3 is 0 Å². The smallest absolute Gasteiger partial charge is 0.160 e. The lowest BCUT2D eigenvalue weighted by Gasteiger charge is -2.13. The predicted octanol–water partition coefficient (Wildman–Crippen LogP) is 2.96. The Bertz CT molecular complexity index is 596. The summed E-state index contributed by atoms with van der Waals surface area (Å²) in [6, 6.07) is 3.88. The number of hydrogen-bond donors (Lipinski definition) is 3. The van der Waals surface area contributed by atoms with Gasteiger partial charge in [0.1, 0.15) is 17.8 Å². The van der Waals surface area contributed by atoms with Gasteiger partial charge in [-0.3, -0.25) is 0 Å². The van der Waals surface area contributed by atoms with Crippen LogP contribution in [0.1, 0.15) is 25.8 Å².